The zero-order valence-corrected chi connectivity index (χ0v) is 10.7. The fourth-order valence-electron chi connectivity index (χ4n) is 1.94. The lowest BCUT2D eigenvalue weighted by Crippen LogP contribution is -2.31. The van der Waals surface area contributed by atoms with E-state index in [2.05, 4.69) is 11.9 Å². The smallest absolute Gasteiger partial charge is 0.269 e. The summed E-state index contributed by atoms with van der Waals surface area (Å²) in [4.78, 5) is 13.6. The first-order valence-corrected chi connectivity index (χ1v) is 6.63. The van der Waals surface area contributed by atoms with Gasteiger partial charge in [-0.25, -0.2) is 0 Å². The molecule has 0 aliphatic carbocycles. The molecule has 0 N–H and O–H groups in total. The van der Waals surface area contributed by atoms with E-state index in [1.165, 1.54) is 12.8 Å². The Labute approximate surface area is 105 Å². The normalized spacial score (nSPS) is 18.2. The molecule has 0 bridgehead atoms. The van der Waals surface area contributed by atoms with Gasteiger partial charge in [-0.05, 0) is 45.1 Å². The molecule has 17 heavy (non-hydrogen) atoms. The van der Waals surface area contributed by atoms with E-state index < -0.39 is 0 Å². The summed E-state index contributed by atoms with van der Waals surface area (Å²) in [5.74, 6) is 0. The zero-order valence-electron chi connectivity index (χ0n) is 9.83. The minimum atomic E-state index is -0.357. The number of non-ortho nitro benzene ring substituents is 1. The van der Waals surface area contributed by atoms with Crippen LogP contribution in [0.5, 0.6) is 0 Å². The van der Waals surface area contributed by atoms with Crippen LogP contribution in [0.25, 0.3) is 0 Å². The second-order valence-corrected chi connectivity index (χ2v) is 5.75. The number of hydrogen-bond acceptors (Lipinski definition) is 4. The molecular formula is C12H16N2O2S. The van der Waals surface area contributed by atoms with Crippen molar-refractivity contribution in [3.63, 3.8) is 0 Å². The van der Waals surface area contributed by atoms with Crippen LogP contribution in [-0.4, -0.2) is 35.2 Å². The first kappa shape index (κ1) is 12.4. The molecule has 5 heteroatoms. The average Bonchev–Trinajstić information content (AvgIpc) is 2.33. The van der Waals surface area contributed by atoms with E-state index in [0.717, 1.165) is 18.0 Å². The number of nitrogens with zero attached hydrogens (tertiary/aromatic N) is 2. The van der Waals surface area contributed by atoms with Crippen molar-refractivity contribution in [3.05, 3.63) is 34.4 Å². The number of nitro benzene ring substituents is 1. The summed E-state index contributed by atoms with van der Waals surface area (Å²) in [6, 6.07) is 6.86. The zero-order chi connectivity index (χ0) is 12.3. The third-order valence-electron chi connectivity index (χ3n) is 3.02. The molecule has 0 saturated carbocycles. The second kappa shape index (κ2) is 5.51. The molecular weight excluding hydrogens is 236 g/mol. The highest BCUT2D eigenvalue weighted by atomic mass is 32.2. The third-order valence-corrected chi connectivity index (χ3v) is 4.36. The molecule has 1 saturated heterocycles. The average molecular weight is 252 g/mol. The maximum absolute atomic E-state index is 10.5. The van der Waals surface area contributed by atoms with Crippen LogP contribution in [0.1, 0.15) is 12.8 Å². The van der Waals surface area contributed by atoms with E-state index in [0.29, 0.717) is 5.25 Å². The number of thioether (sulfide) groups is 1. The van der Waals surface area contributed by atoms with Crippen LogP contribution in [0, 0.1) is 10.1 Å². The Balaban J connectivity index is 1.92. The van der Waals surface area contributed by atoms with Crippen molar-refractivity contribution in [1.29, 1.82) is 0 Å². The molecule has 1 aromatic rings. The van der Waals surface area contributed by atoms with Gasteiger partial charge in [0.05, 0.1) is 4.92 Å². The molecule has 0 radical (unpaired) electrons. The van der Waals surface area contributed by atoms with E-state index in [1.807, 2.05) is 23.9 Å². The molecule has 1 fully saturated rings. The molecule has 2 rings (SSSR count). The van der Waals surface area contributed by atoms with E-state index >= 15 is 0 Å². The highest BCUT2D eigenvalue weighted by Gasteiger charge is 2.17. The van der Waals surface area contributed by atoms with Gasteiger partial charge >= 0.3 is 0 Å². The van der Waals surface area contributed by atoms with Gasteiger partial charge in [0.2, 0.25) is 0 Å². The predicted octanol–water partition coefficient (Wildman–Crippen LogP) is 2.78. The van der Waals surface area contributed by atoms with Crippen LogP contribution >= 0.6 is 11.8 Å². The van der Waals surface area contributed by atoms with Crippen molar-refractivity contribution in [3.8, 4) is 0 Å². The number of likely N-dealkylation sites (tertiary alicyclic amines) is 1. The van der Waals surface area contributed by atoms with Gasteiger partial charge in [-0.15, -0.1) is 11.8 Å². The molecule has 0 amide bonds. The lowest BCUT2D eigenvalue weighted by atomic mass is 10.1. The fraction of sp³-hybridized carbons (Fsp3) is 0.500. The summed E-state index contributed by atoms with van der Waals surface area (Å²) in [6.45, 7) is 2.29. The van der Waals surface area contributed by atoms with Crippen molar-refractivity contribution >= 4 is 17.4 Å². The monoisotopic (exact) mass is 252 g/mol. The van der Waals surface area contributed by atoms with Crippen molar-refractivity contribution in [2.24, 2.45) is 0 Å². The predicted molar refractivity (Wildman–Crippen MR) is 69.5 cm³/mol. The Kier molecular flexibility index (Phi) is 4.02. The van der Waals surface area contributed by atoms with Crippen molar-refractivity contribution in [2.75, 3.05) is 20.1 Å². The first-order chi connectivity index (χ1) is 8.15. The van der Waals surface area contributed by atoms with E-state index in [-0.39, 0.29) is 10.6 Å². The van der Waals surface area contributed by atoms with Crippen molar-refractivity contribution < 1.29 is 4.92 Å². The fourth-order valence-corrected chi connectivity index (χ4v) is 3.07. The van der Waals surface area contributed by atoms with Crippen LogP contribution in [-0.2, 0) is 0 Å². The summed E-state index contributed by atoms with van der Waals surface area (Å²) in [5.41, 5.74) is 0.165. The van der Waals surface area contributed by atoms with Gasteiger partial charge in [-0.3, -0.25) is 10.1 Å². The lowest BCUT2D eigenvalue weighted by Gasteiger charge is -2.28. The van der Waals surface area contributed by atoms with Gasteiger partial charge in [0.25, 0.3) is 5.69 Å². The third kappa shape index (κ3) is 3.44. The minimum Gasteiger partial charge on any atom is -0.306 e. The van der Waals surface area contributed by atoms with Gasteiger partial charge in [0.15, 0.2) is 0 Å². The Morgan fingerprint density at radius 2 is 1.88 bits per heavy atom. The van der Waals surface area contributed by atoms with Crippen LogP contribution in [0.4, 0.5) is 5.69 Å². The van der Waals surface area contributed by atoms with Gasteiger partial charge in [-0.2, -0.15) is 0 Å². The largest absolute Gasteiger partial charge is 0.306 e. The molecule has 0 spiro atoms. The van der Waals surface area contributed by atoms with Gasteiger partial charge in [0.1, 0.15) is 0 Å². The van der Waals surface area contributed by atoms with Crippen LogP contribution in [0.3, 0.4) is 0 Å². The number of nitro groups is 1. The number of piperidine rings is 1. The molecule has 0 unspecified atom stereocenters. The molecule has 1 heterocycles. The summed E-state index contributed by atoms with van der Waals surface area (Å²) in [6.07, 6.45) is 2.39. The lowest BCUT2D eigenvalue weighted by molar-refractivity contribution is -0.384. The minimum absolute atomic E-state index is 0.165. The van der Waals surface area contributed by atoms with Crippen molar-refractivity contribution in [2.45, 2.75) is 23.0 Å². The number of hydrogen-bond donors (Lipinski definition) is 0. The molecule has 1 aliphatic heterocycles. The molecule has 92 valence electrons. The Hall–Kier alpha value is -1.07. The SMILES string of the molecule is CN1CCC(Sc2ccc([N+](=O)[O-])cc2)CC1. The van der Waals surface area contributed by atoms with Gasteiger partial charge in [-0.1, -0.05) is 0 Å². The van der Waals surface area contributed by atoms with Gasteiger partial charge < -0.3 is 4.90 Å². The summed E-state index contributed by atoms with van der Waals surface area (Å²) >= 11 is 1.84. The Bertz CT molecular complexity index is 386. The maximum atomic E-state index is 10.5. The van der Waals surface area contributed by atoms with E-state index in [9.17, 15) is 10.1 Å². The summed E-state index contributed by atoms with van der Waals surface area (Å²) < 4.78 is 0. The second-order valence-electron chi connectivity index (χ2n) is 4.37. The number of benzene rings is 1. The van der Waals surface area contributed by atoms with Crippen LogP contribution in [0.15, 0.2) is 29.2 Å². The van der Waals surface area contributed by atoms with Crippen molar-refractivity contribution in [1.82, 2.24) is 4.90 Å². The Morgan fingerprint density at radius 1 is 1.29 bits per heavy atom. The van der Waals surface area contributed by atoms with Gasteiger partial charge in [0, 0.05) is 22.3 Å². The molecule has 0 aromatic heterocycles. The first-order valence-electron chi connectivity index (χ1n) is 5.75. The highest BCUT2D eigenvalue weighted by Crippen LogP contribution is 2.30. The quantitative estimate of drug-likeness (QED) is 0.613. The molecule has 0 atom stereocenters. The van der Waals surface area contributed by atoms with E-state index in [1.54, 1.807) is 12.1 Å². The topological polar surface area (TPSA) is 46.4 Å². The molecule has 1 aliphatic rings. The Morgan fingerprint density at radius 3 is 2.41 bits per heavy atom. The summed E-state index contributed by atoms with van der Waals surface area (Å²) in [5, 5.41) is 11.2. The molecule has 1 aromatic carbocycles. The standard InChI is InChI=1S/C12H16N2O2S/c1-13-8-6-12(7-9-13)17-11-4-2-10(3-5-11)14(15)16/h2-5,12H,6-9H2,1H3. The highest BCUT2D eigenvalue weighted by molar-refractivity contribution is 8.00. The number of rotatable bonds is 3. The van der Waals surface area contributed by atoms with Crippen LogP contribution < -0.4 is 0 Å². The summed E-state index contributed by atoms with van der Waals surface area (Å²) in [7, 11) is 2.15. The maximum Gasteiger partial charge on any atom is 0.269 e. The van der Waals surface area contributed by atoms with E-state index in [4.69, 9.17) is 0 Å². The molecule has 4 nitrogen and oxygen atoms in total. The van der Waals surface area contributed by atoms with Crippen LogP contribution in [0.2, 0.25) is 0 Å².